The summed E-state index contributed by atoms with van der Waals surface area (Å²) in [6.45, 7) is 3.70. The van der Waals surface area contributed by atoms with Crippen molar-refractivity contribution in [1.82, 2.24) is 0 Å². The molecule has 1 saturated heterocycles. The van der Waals surface area contributed by atoms with Crippen LogP contribution in [-0.4, -0.2) is 24.4 Å². The van der Waals surface area contributed by atoms with Gasteiger partial charge in [-0.2, -0.15) is 0 Å². The Labute approximate surface area is 84.5 Å². The lowest BCUT2D eigenvalue weighted by Crippen LogP contribution is -2.23. The maximum Gasteiger partial charge on any atom is 0.157 e. The molecule has 1 saturated carbocycles. The second kappa shape index (κ2) is 3.76. The molecule has 0 N–H and O–H groups in total. The van der Waals surface area contributed by atoms with E-state index in [1.807, 2.05) is 0 Å². The Morgan fingerprint density at radius 1 is 1.54 bits per heavy atom. The van der Waals surface area contributed by atoms with Gasteiger partial charge in [-0.3, -0.25) is 0 Å². The molecule has 0 aromatic carbocycles. The summed E-state index contributed by atoms with van der Waals surface area (Å²) in [6, 6.07) is 0. The second-order valence-corrected chi connectivity index (χ2v) is 5.17. The normalized spacial score (nSPS) is 44.8. The molecule has 3 atom stereocenters. The molecule has 13 heavy (non-hydrogen) atoms. The molecular formula is C10H17ClO2. The fourth-order valence-electron chi connectivity index (χ4n) is 1.72. The molecule has 2 aliphatic rings. The summed E-state index contributed by atoms with van der Waals surface area (Å²) in [5.74, 6) is 0.541. The van der Waals surface area contributed by atoms with Crippen molar-refractivity contribution in [2.45, 2.75) is 43.8 Å². The molecule has 2 fully saturated rings. The second-order valence-electron chi connectivity index (χ2n) is 4.31. The van der Waals surface area contributed by atoms with E-state index < -0.39 is 0 Å². The number of hydrogen-bond acceptors (Lipinski definition) is 2. The van der Waals surface area contributed by atoms with Crippen LogP contribution in [0, 0.1) is 5.92 Å². The highest BCUT2D eigenvalue weighted by Crippen LogP contribution is 2.49. The molecule has 3 unspecified atom stereocenters. The first-order chi connectivity index (χ1) is 6.18. The van der Waals surface area contributed by atoms with Crippen LogP contribution in [0.15, 0.2) is 0 Å². The summed E-state index contributed by atoms with van der Waals surface area (Å²) in [5.41, 5.74) is 0. The fraction of sp³-hybridized carbons (Fsp3) is 1.00. The molecule has 1 heterocycles. The predicted molar refractivity (Wildman–Crippen MR) is 51.9 cm³/mol. The van der Waals surface area contributed by atoms with E-state index in [4.69, 9.17) is 21.1 Å². The van der Waals surface area contributed by atoms with Crippen LogP contribution in [0.1, 0.15) is 32.6 Å². The average molecular weight is 205 g/mol. The maximum absolute atomic E-state index is 6.10. The molecule has 0 aromatic rings. The molecule has 0 spiro atoms. The van der Waals surface area contributed by atoms with E-state index >= 15 is 0 Å². The van der Waals surface area contributed by atoms with Gasteiger partial charge < -0.3 is 9.47 Å². The lowest BCUT2D eigenvalue weighted by atomic mass is 10.2. The Bertz CT molecular complexity index is 176. The number of ether oxygens (including phenoxy) is 2. The largest absolute Gasteiger partial charge is 0.353 e. The summed E-state index contributed by atoms with van der Waals surface area (Å²) >= 11 is 6.10. The molecule has 0 aromatic heterocycles. The van der Waals surface area contributed by atoms with Crippen LogP contribution in [0.3, 0.4) is 0 Å². The minimum absolute atomic E-state index is 0.00860. The zero-order chi connectivity index (χ0) is 9.31. The third-order valence-electron chi connectivity index (χ3n) is 2.96. The third kappa shape index (κ3) is 2.58. The molecule has 1 aliphatic carbocycles. The van der Waals surface area contributed by atoms with Gasteiger partial charge in [0.1, 0.15) is 0 Å². The van der Waals surface area contributed by atoms with Crippen LogP contribution in [-0.2, 0) is 9.47 Å². The van der Waals surface area contributed by atoms with E-state index in [1.165, 1.54) is 12.8 Å². The maximum atomic E-state index is 6.10. The van der Waals surface area contributed by atoms with Gasteiger partial charge >= 0.3 is 0 Å². The highest BCUT2D eigenvalue weighted by molar-refractivity contribution is 6.25. The number of alkyl halides is 1. The van der Waals surface area contributed by atoms with Gasteiger partial charge in [-0.25, -0.2) is 0 Å². The molecule has 0 amide bonds. The van der Waals surface area contributed by atoms with Gasteiger partial charge in [0.15, 0.2) is 6.29 Å². The highest BCUT2D eigenvalue weighted by atomic mass is 35.5. The van der Waals surface area contributed by atoms with E-state index in [1.54, 1.807) is 0 Å². The van der Waals surface area contributed by atoms with Crippen molar-refractivity contribution in [3.8, 4) is 0 Å². The molecule has 0 radical (unpaired) electrons. The van der Waals surface area contributed by atoms with Crippen LogP contribution in [0.4, 0.5) is 0 Å². The first-order valence-corrected chi connectivity index (χ1v) is 5.48. The van der Waals surface area contributed by atoms with Crippen LogP contribution in [0.2, 0.25) is 0 Å². The van der Waals surface area contributed by atoms with Gasteiger partial charge in [-0.15, -0.1) is 11.6 Å². The number of hydrogen-bond donors (Lipinski definition) is 0. The topological polar surface area (TPSA) is 18.5 Å². The van der Waals surface area contributed by atoms with E-state index in [-0.39, 0.29) is 11.2 Å². The lowest BCUT2D eigenvalue weighted by molar-refractivity contribution is -0.164. The van der Waals surface area contributed by atoms with Crippen LogP contribution in [0.25, 0.3) is 0 Å². The zero-order valence-electron chi connectivity index (χ0n) is 8.09. The van der Waals surface area contributed by atoms with Gasteiger partial charge in [0.2, 0.25) is 0 Å². The summed E-state index contributed by atoms with van der Waals surface area (Å²) in [4.78, 5) is 0.00860. The molecule has 3 heteroatoms. The van der Waals surface area contributed by atoms with Crippen LogP contribution >= 0.6 is 11.6 Å². The SMILES string of the molecule is CC1(Cl)CC1COC1CCCCO1. The van der Waals surface area contributed by atoms with Crippen LogP contribution < -0.4 is 0 Å². The van der Waals surface area contributed by atoms with E-state index in [9.17, 15) is 0 Å². The van der Waals surface area contributed by atoms with E-state index in [0.29, 0.717) is 5.92 Å². The van der Waals surface area contributed by atoms with Crippen molar-refractivity contribution in [1.29, 1.82) is 0 Å². The van der Waals surface area contributed by atoms with E-state index in [0.717, 1.165) is 26.1 Å². The first-order valence-electron chi connectivity index (χ1n) is 5.10. The fourth-order valence-corrected chi connectivity index (χ4v) is 1.97. The van der Waals surface area contributed by atoms with Crippen molar-refractivity contribution in [2.24, 2.45) is 5.92 Å². The average Bonchev–Trinajstić information content (AvgIpc) is 2.73. The monoisotopic (exact) mass is 204 g/mol. The van der Waals surface area contributed by atoms with Crippen molar-refractivity contribution in [3.05, 3.63) is 0 Å². The lowest BCUT2D eigenvalue weighted by Gasteiger charge is -2.22. The minimum atomic E-state index is 0.00860. The smallest absolute Gasteiger partial charge is 0.157 e. The Morgan fingerprint density at radius 3 is 2.85 bits per heavy atom. The zero-order valence-corrected chi connectivity index (χ0v) is 8.85. The Kier molecular flexibility index (Phi) is 2.82. The Morgan fingerprint density at radius 2 is 2.31 bits per heavy atom. The van der Waals surface area contributed by atoms with Gasteiger partial charge in [0.25, 0.3) is 0 Å². The highest BCUT2D eigenvalue weighted by Gasteiger charge is 2.48. The van der Waals surface area contributed by atoms with Crippen molar-refractivity contribution < 1.29 is 9.47 Å². The predicted octanol–water partition coefficient (Wildman–Crippen LogP) is 2.55. The van der Waals surface area contributed by atoms with Crippen molar-refractivity contribution in [2.75, 3.05) is 13.2 Å². The van der Waals surface area contributed by atoms with Gasteiger partial charge in [0.05, 0.1) is 6.61 Å². The van der Waals surface area contributed by atoms with Gasteiger partial charge in [-0.05, 0) is 32.6 Å². The summed E-state index contributed by atoms with van der Waals surface area (Å²) in [6.07, 6.45) is 4.58. The number of halogens is 1. The minimum Gasteiger partial charge on any atom is -0.353 e. The molecule has 1 aliphatic heterocycles. The summed E-state index contributed by atoms with van der Waals surface area (Å²) in [5, 5.41) is 0. The van der Waals surface area contributed by atoms with Crippen molar-refractivity contribution >= 4 is 11.6 Å². The van der Waals surface area contributed by atoms with Crippen LogP contribution in [0.5, 0.6) is 0 Å². The van der Waals surface area contributed by atoms with Gasteiger partial charge in [-0.1, -0.05) is 0 Å². The summed E-state index contributed by atoms with van der Waals surface area (Å²) in [7, 11) is 0. The summed E-state index contributed by atoms with van der Waals surface area (Å²) < 4.78 is 11.1. The molecule has 76 valence electrons. The van der Waals surface area contributed by atoms with E-state index in [2.05, 4.69) is 6.92 Å². The molecule has 0 bridgehead atoms. The van der Waals surface area contributed by atoms with Gasteiger partial charge in [0, 0.05) is 17.4 Å². The molecule has 2 rings (SSSR count). The van der Waals surface area contributed by atoms with Crippen molar-refractivity contribution in [3.63, 3.8) is 0 Å². The Hall–Kier alpha value is 0.210. The quantitative estimate of drug-likeness (QED) is 0.658. The molecular weight excluding hydrogens is 188 g/mol. The first kappa shape index (κ1) is 9.75. The number of rotatable bonds is 3. The molecule has 2 nitrogen and oxygen atoms in total. The standard InChI is InChI=1S/C10H17ClO2/c1-10(11)6-8(10)7-13-9-4-2-3-5-12-9/h8-9H,2-7H2,1H3. The third-order valence-corrected chi connectivity index (χ3v) is 3.42. The Balaban J connectivity index is 1.62.